The number of methoxy groups -OCH3 is 1. The number of hydrogen-bond donors (Lipinski definition) is 1. The highest BCUT2D eigenvalue weighted by Gasteiger charge is 2.27. The van der Waals surface area contributed by atoms with E-state index in [0.717, 1.165) is 15.4 Å². The van der Waals surface area contributed by atoms with Crippen molar-refractivity contribution >= 4 is 27.3 Å². The van der Waals surface area contributed by atoms with E-state index in [4.69, 9.17) is 14.2 Å². The molecule has 1 aliphatic heterocycles. The Morgan fingerprint density at radius 1 is 1.00 bits per heavy atom. The van der Waals surface area contributed by atoms with E-state index in [-0.39, 0.29) is 4.90 Å². The van der Waals surface area contributed by atoms with Crippen molar-refractivity contribution in [1.82, 2.24) is 5.43 Å². The van der Waals surface area contributed by atoms with Gasteiger partial charge in [-0.05, 0) is 68.4 Å². The zero-order valence-corrected chi connectivity index (χ0v) is 21.0. The third-order valence-electron chi connectivity index (χ3n) is 5.56. The Bertz CT molecular complexity index is 1370. The Morgan fingerprint density at radius 3 is 2.33 bits per heavy atom. The molecule has 0 fully saturated rings. The van der Waals surface area contributed by atoms with Crippen LogP contribution in [0.5, 0.6) is 17.2 Å². The fraction of sp³-hybridized carbons (Fsp3) is 0.231. The number of nitrogens with one attached hydrogen (secondary N) is 1. The number of fused-ring (bicyclic) bond motifs is 1. The highest BCUT2D eigenvalue weighted by Crippen LogP contribution is 2.31. The lowest BCUT2D eigenvalue weighted by molar-refractivity contribution is -0.119. The van der Waals surface area contributed by atoms with Crippen molar-refractivity contribution in [2.24, 2.45) is 5.10 Å². The Hall–Kier alpha value is -4.05. The molecule has 9 nitrogen and oxygen atoms in total. The predicted molar refractivity (Wildman–Crippen MR) is 136 cm³/mol. The predicted octanol–water partition coefficient (Wildman–Crippen LogP) is 3.51. The number of amides is 1. The molecule has 1 amide bonds. The molecular weight excluding hydrogens is 482 g/mol. The molecule has 1 N–H and O–H groups in total. The number of aryl methyl sites for hydroxylation is 1. The van der Waals surface area contributed by atoms with Gasteiger partial charge >= 0.3 is 0 Å². The highest BCUT2D eigenvalue weighted by molar-refractivity contribution is 7.92. The summed E-state index contributed by atoms with van der Waals surface area (Å²) in [5, 5.41) is 4.16. The summed E-state index contributed by atoms with van der Waals surface area (Å²) in [4.78, 5) is 12.9. The van der Waals surface area contributed by atoms with Crippen LogP contribution in [0.25, 0.3) is 0 Å². The molecular formula is C26H27N3O6S. The molecule has 10 heteroatoms. The van der Waals surface area contributed by atoms with Crippen LogP contribution in [0, 0.1) is 6.92 Å². The van der Waals surface area contributed by atoms with Gasteiger partial charge in [0.15, 0.2) is 11.5 Å². The van der Waals surface area contributed by atoms with Crippen LogP contribution in [0.4, 0.5) is 5.69 Å². The van der Waals surface area contributed by atoms with Gasteiger partial charge in [0.25, 0.3) is 15.9 Å². The minimum atomic E-state index is -4.03. The molecule has 36 heavy (non-hydrogen) atoms. The Kier molecular flexibility index (Phi) is 7.44. The largest absolute Gasteiger partial charge is 0.497 e. The Labute approximate surface area is 210 Å². The molecule has 0 saturated carbocycles. The van der Waals surface area contributed by atoms with Crippen LogP contribution in [0.3, 0.4) is 0 Å². The summed E-state index contributed by atoms with van der Waals surface area (Å²) in [7, 11) is -2.51. The number of nitrogens with zero attached hydrogens (tertiary/aromatic N) is 2. The first-order valence-electron chi connectivity index (χ1n) is 11.2. The van der Waals surface area contributed by atoms with Gasteiger partial charge in [0, 0.05) is 5.56 Å². The van der Waals surface area contributed by atoms with Crippen LogP contribution in [0.1, 0.15) is 18.1 Å². The van der Waals surface area contributed by atoms with Crippen LogP contribution in [-0.4, -0.2) is 46.9 Å². The van der Waals surface area contributed by atoms with Gasteiger partial charge in [-0.3, -0.25) is 9.10 Å². The van der Waals surface area contributed by atoms with E-state index < -0.39 is 22.5 Å². The molecule has 1 aliphatic rings. The smallest absolute Gasteiger partial charge is 0.264 e. The second-order valence-corrected chi connectivity index (χ2v) is 9.98. The molecule has 0 spiro atoms. The molecule has 188 valence electrons. The van der Waals surface area contributed by atoms with Gasteiger partial charge in [0.05, 0.1) is 23.4 Å². The summed E-state index contributed by atoms with van der Waals surface area (Å²) in [5.74, 6) is 1.22. The number of hydrazone groups is 1. The Morgan fingerprint density at radius 2 is 1.67 bits per heavy atom. The van der Waals surface area contributed by atoms with E-state index in [1.54, 1.807) is 55.5 Å². The van der Waals surface area contributed by atoms with E-state index in [2.05, 4.69) is 10.5 Å². The van der Waals surface area contributed by atoms with E-state index in [1.165, 1.54) is 19.2 Å². The number of benzene rings is 3. The summed E-state index contributed by atoms with van der Waals surface area (Å²) in [6.45, 7) is 4.08. The average Bonchev–Trinajstić information content (AvgIpc) is 2.90. The van der Waals surface area contributed by atoms with Crippen molar-refractivity contribution in [3.8, 4) is 17.2 Å². The van der Waals surface area contributed by atoms with Gasteiger partial charge in [-0.1, -0.05) is 17.7 Å². The minimum Gasteiger partial charge on any atom is -0.497 e. The first-order valence-corrected chi connectivity index (χ1v) is 12.7. The molecule has 1 heterocycles. The maximum atomic E-state index is 13.5. The topological polar surface area (TPSA) is 107 Å². The fourth-order valence-corrected chi connectivity index (χ4v) is 4.97. The quantitative estimate of drug-likeness (QED) is 0.368. The van der Waals surface area contributed by atoms with E-state index in [1.807, 2.05) is 13.0 Å². The second-order valence-electron chi connectivity index (χ2n) is 8.11. The van der Waals surface area contributed by atoms with Gasteiger partial charge in [-0.2, -0.15) is 5.10 Å². The van der Waals surface area contributed by atoms with Crippen molar-refractivity contribution in [3.05, 3.63) is 77.9 Å². The van der Waals surface area contributed by atoms with Gasteiger partial charge in [0.1, 0.15) is 25.5 Å². The third-order valence-corrected chi connectivity index (χ3v) is 7.35. The molecule has 4 rings (SSSR count). The van der Waals surface area contributed by atoms with Gasteiger partial charge in [-0.25, -0.2) is 13.8 Å². The lowest BCUT2D eigenvalue weighted by Gasteiger charge is -2.24. The van der Waals surface area contributed by atoms with E-state index >= 15 is 0 Å². The van der Waals surface area contributed by atoms with Crippen molar-refractivity contribution in [2.75, 3.05) is 31.2 Å². The summed E-state index contributed by atoms with van der Waals surface area (Å²) in [6, 6.07) is 18.3. The van der Waals surface area contributed by atoms with E-state index in [9.17, 15) is 13.2 Å². The third kappa shape index (κ3) is 5.60. The van der Waals surface area contributed by atoms with Crippen molar-refractivity contribution in [2.45, 2.75) is 18.7 Å². The van der Waals surface area contributed by atoms with Crippen LogP contribution in [0.15, 0.2) is 76.7 Å². The average molecular weight is 510 g/mol. The lowest BCUT2D eigenvalue weighted by Crippen LogP contribution is -2.39. The first-order chi connectivity index (χ1) is 17.3. The van der Waals surface area contributed by atoms with Crippen molar-refractivity contribution < 1.29 is 27.4 Å². The van der Waals surface area contributed by atoms with Crippen LogP contribution >= 0.6 is 0 Å². The molecule has 0 aromatic heterocycles. The number of hydrogen-bond acceptors (Lipinski definition) is 7. The summed E-state index contributed by atoms with van der Waals surface area (Å²) in [5.41, 5.74) is 4.96. The molecule has 0 radical (unpaired) electrons. The number of rotatable bonds is 8. The molecule has 3 aromatic rings. The second kappa shape index (κ2) is 10.7. The SMILES string of the molecule is COc1ccc(N(CC(=O)N/N=C(/C)c2ccc3c(c2)OCCO3)S(=O)(=O)c2ccc(C)cc2)cc1. The minimum absolute atomic E-state index is 0.0766. The standard InChI is InChI=1S/C26H27N3O6S/c1-18-4-11-23(12-5-18)36(31,32)29(21-7-9-22(33-3)10-8-21)17-26(30)28-27-19(2)20-6-13-24-25(16-20)35-15-14-34-24/h4-13,16H,14-15,17H2,1-3H3,(H,28,30)/b27-19-. The van der Waals surface area contributed by atoms with Gasteiger partial charge < -0.3 is 14.2 Å². The van der Waals surface area contributed by atoms with Crippen LogP contribution in [-0.2, 0) is 14.8 Å². The molecule has 0 atom stereocenters. The zero-order valence-electron chi connectivity index (χ0n) is 20.2. The highest BCUT2D eigenvalue weighted by atomic mass is 32.2. The molecule has 0 bridgehead atoms. The maximum Gasteiger partial charge on any atom is 0.264 e. The molecule has 0 aliphatic carbocycles. The van der Waals surface area contributed by atoms with Crippen LogP contribution in [0.2, 0.25) is 0 Å². The number of anilines is 1. The normalized spacial score (nSPS) is 13.1. The zero-order chi connectivity index (χ0) is 25.7. The van der Waals surface area contributed by atoms with E-state index in [0.29, 0.717) is 41.9 Å². The number of sulfonamides is 1. The molecule has 3 aromatic carbocycles. The number of carbonyl (C=O) groups excluding carboxylic acids is 1. The lowest BCUT2D eigenvalue weighted by atomic mass is 10.1. The monoisotopic (exact) mass is 509 g/mol. The first kappa shape index (κ1) is 25.1. The van der Waals surface area contributed by atoms with Crippen LogP contribution < -0.4 is 23.9 Å². The fourth-order valence-electron chi connectivity index (χ4n) is 3.55. The van der Waals surface area contributed by atoms with Gasteiger partial charge in [0.2, 0.25) is 0 Å². The Balaban J connectivity index is 1.56. The summed E-state index contributed by atoms with van der Waals surface area (Å²) >= 11 is 0. The van der Waals surface area contributed by atoms with Gasteiger partial charge in [-0.15, -0.1) is 0 Å². The number of carbonyl (C=O) groups is 1. The van der Waals surface area contributed by atoms with Crippen molar-refractivity contribution in [1.29, 1.82) is 0 Å². The van der Waals surface area contributed by atoms with Crippen molar-refractivity contribution in [3.63, 3.8) is 0 Å². The maximum absolute atomic E-state index is 13.5. The molecule has 0 unspecified atom stereocenters. The summed E-state index contributed by atoms with van der Waals surface area (Å²) < 4.78 is 44.3. The number of ether oxygens (including phenoxy) is 3. The summed E-state index contributed by atoms with van der Waals surface area (Å²) in [6.07, 6.45) is 0. The molecule has 0 saturated heterocycles.